The molecule has 0 aromatic carbocycles. The van der Waals surface area contributed by atoms with E-state index in [-0.39, 0.29) is 11.6 Å². The van der Waals surface area contributed by atoms with E-state index in [1.807, 2.05) is 13.8 Å². The van der Waals surface area contributed by atoms with Gasteiger partial charge in [-0.05, 0) is 39.0 Å². The van der Waals surface area contributed by atoms with E-state index in [1.165, 1.54) is 0 Å². The molecule has 1 N–H and O–H groups in total. The van der Waals surface area contributed by atoms with Crippen molar-refractivity contribution in [2.75, 3.05) is 11.9 Å². The predicted molar refractivity (Wildman–Crippen MR) is 74.4 cm³/mol. The van der Waals surface area contributed by atoms with E-state index in [1.54, 1.807) is 17.0 Å². The second-order valence-corrected chi connectivity index (χ2v) is 5.86. The molecular weight excluding hydrogens is 250 g/mol. The molecule has 0 spiro atoms. The van der Waals surface area contributed by atoms with Gasteiger partial charge < -0.3 is 9.88 Å². The summed E-state index contributed by atoms with van der Waals surface area (Å²) < 4.78 is 1.69. The molecule has 100 valence electrons. The number of nitrogens with zero attached hydrogens (tertiary/aromatic N) is 2. The van der Waals surface area contributed by atoms with Gasteiger partial charge in [0.15, 0.2) is 5.82 Å². The Labute approximate surface area is 112 Å². The number of halogens is 1. The smallest absolute Gasteiger partial charge is 0.293 e. The van der Waals surface area contributed by atoms with Gasteiger partial charge in [0.2, 0.25) is 0 Å². The molecule has 5 heteroatoms. The van der Waals surface area contributed by atoms with E-state index >= 15 is 0 Å². The van der Waals surface area contributed by atoms with Crippen molar-refractivity contribution < 1.29 is 0 Å². The van der Waals surface area contributed by atoms with Crippen LogP contribution in [0.5, 0.6) is 0 Å². The fourth-order valence-electron chi connectivity index (χ4n) is 2.39. The van der Waals surface area contributed by atoms with Crippen LogP contribution in [0.25, 0.3) is 0 Å². The van der Waals surface area contributed by atoms with Gasteiger partial charge in [-0.1, -0.05) is 0 Å². The zero-order valence-electron chi connectivity index (χ0n) is 10.9. The zero-order valence-corrected chi connectivity index (χ0v) is 11.7. The van der Waals surface area contributed by atoms with Crippen molar-refractivity contribution in [3.05, 3.63) is 22.7 Å². The standard InChI is InChI=1S/C13H20ClN3O/c1-9(2)17-6-5-15-12(13(17)18)16-8-10-3-4-11(14)7-10/h5-6,9-11H,3-4,7-8H2,1-2H3,(H,15,16). The first-order valence-electron chi connectivity index (χ1n) is 6.53. The number of hydrogen-bond donors (Lipinski definition) is 1. The largest absolute Gasteiger partial charge is 0.365 e. The minimum atomic E-state index is -0.0482. The van der Waals surface area contributed by atoms with Crippen molar-refractivity contribution in [3.63, 3.8) is 0 Å². The molecule has 1 aromatic rings. The van der Waals surface area contributed by atoms with Crippen LogP contribution >= 0.6 is 11.6 Å². The molecule has 0 bridgehead atoms. The average molecular weight is 270 g/mol. The molecule has 1 aliphatic rings. The van der Waals surface area contributed by atoms with Gasteiger partial charge in [0.1, 0.15) is 0 Å². The van der Waals surface area contributed by atoms with Gasteiger partial charge in [-0.2, -0.15) is 0 Å². The summed E-state index contributed by atoms with van der Waals surface area (Å²) in [5.74, 6) is 1.01. The summed E-state index contributed by atoms with van der Waals surface area (Å²) in [6.07, 6.45) is 6.63. The lowest BCUT2D eigenvalue weighted by Crippen LogP contribution is -2.27. The summed E-state index contributed by atoms with van der Waals surface area (Å²) >= 11 is 6.08. The summed E-state index contributed by atoms with van der Waals surface area (Å²) in [6.45, 7) is 4.76. The fraction of sp³-hybridized carbons (Fsp3) is 0.692. The van der Waals surface area contributed by atoms with Crippen LogP contribution in [0.4, 0.5) is 5.82 Å². The minimum Gasteiger partial charge on any atom is -0.365 e. The summed E-state index contributed by atoms with van der Waals surface area (Å²) in [6, 6.07) is 0.153. The molecular formula is C13H20ClN3O. The van der Waals surface area contributed by atoms with E-state index in [4.69, 9.17) is 11.6 Å². The first-order valence-corrected chi connectivity index (χ1v) is 6.96. The van der Waals surface area contributed by atoms with Crippen molar-refractivity contribution in [3.8, 4) is 0 Å². The van der Waals surface area contributed by atoms with Crippen molar-refractivity contribution in [2.45, 2.75) is 44.5 Å². The van der Waals surface area contributed by atoms with Gasteiger partial charge in [-0.3, -0.25) is 4.79 Å². The number of rotatable bonds is 4. The Kier molecular flexibility index (Phi) is 4.27. The monoisotopic (exact) mass is 269 g/mol. The van der Waals surface area contributed by atoms with Gasteiger partial charge in [0.25, 0.3) is 5.56 Å². The average Bonchev–Trinajstić information content (AvgIpc) is 2.73. The molecule has 2 unspecified atom stereocenters. The molecule has 2 rings (SSSR count). The predicted octanol–water partition coefficient (Wildman–Crippen LogP) is 2.64. The van der Waals surface area contributed by atoms with Crippen LogP contribution in [0.3, 0.4) is 0 Å². The molecule has 1 fully saturated rings. The second kappa shape index (κ2) is 5.74. The van der Waals surface area contributed by atoms with Gasteiger partial charge in [0, 0.05) is 30.4 Å². The Morgan fingerprint density at radius 2 is 2.33 bits per heavy atom. The Balaban J connectivity index is 2.01. The zero-order chi connectivity index (χ0) is 13.1. The lowest BCUT2D eigenvalue weighted by atomic mass is 10.1. The third kappa shape index (κ3) is 3.05. The van der Waals surface area contributed by atoms with Gasteiger partial charge in [-0.25, -0.2) is 4.98 Å². The van der Waals surface area contributed by atoms with Crippen LogP contribution in [-0.4, -0.2) is 21.5 Å². The molecule has 1 aliphatic carbocycles. The summed E-state index contributed by atoms with van der Waals surface area (Å²) in [5, 5.41) is 3.47. The van der Waals surface area contributed by atoms with Crippen LogP contribution in [0, 0.1) is 5.92 Å². The molecule has 0 saturated heterocycles. The maximum Gasteiger partial charge on any atom is 0.293 e. The van der Waals surface area contributed by atoms with E-state index in [2.05, 4.69) is 10.3 Å². The van der Waals surface area contributed by atoms with Crippen LogP contribution in [0.15, 0.2) is 17.2 Å². The number of anilines is 1. The van der Waals surface area contributed by atoms with Crippen LogP contribution in [0.1, 0.15) is 39.2 Å². The Morgan fingerprint density at radius 3 is 2.94 bits per heavy atom. The molecule has 1 heterocycles. The highest BCUT2D eigenvalue weighted by atomic mass is 35.5. The van der Waals surface area contributed by atoms with Gasteiger partial charge in [-0.15, -0.1) is 11.6 Å². The minimum absolute atomic E-state index is 0.0482. The number of alkyl halides is 1. The first kappa shape index (κ1) is 13.4. The number of nitrogens with one attached hydrogen (secondary N) is 1. The Hall–Kier alpha value is -1.03. The lowest BCUT2D eigenvalue weighted by molar-refractivity contribution is 0.564. The topological polar surface area (TPSA) is 46.9 Å². The highest BCUT2D eigenvalue weighted by Gasteiger charge is 2.22. The third-order valence-electron chi connectivity index (χ3n) is 3.46. The first-order chi connectivity index (χ1) is 8.58. The van der Waals surface area contributed by atoms with E-state index in [0.717, 1.165) is 25.8 Å². The molecule has 0 aliphatic heterocycles. The molecule has 0 radical (unpaired) electrons. The number of aromatic nitrogens is 2. The summed E-state index contributed by atoms with van der Waals surface area (Å²) in [5.41, 5.74) is -0.0482. The lowest BCUT2D eigenvalue weighted by Gasteiger charge is -2.13. The number of hydrogen-bond acceptors (Lipinski definition) is 3. The van der Waals surface area contributed by atoms with E-state index in [0.29, 0.717) is 17.1 Å². The molecule has 0 amide bonds. The SMILES string of the molecule is CC(C)n1ccnc(NCC2CCC(Cl)C2)c1=O. The van der Waals surface area contributed by atoms with Gasteiger partial charge >= 0.3 is 0 Å². The maximum absolute atomic E-state index is 12.1. The van der Waals surface area contributed by atoms with Crippen molar-refractivity contribution >= 4 is 17.4 Å². The van der Waals surface area contributed by atoms with Crippen LogP contribution in [-0.2, 0) is 0 Å². The molecule has 1 aromatic heterocycles. The summed E-state index contributed by atoms with van der Waals surface area (Å²) in [4.78, 5) is 16.2. The summed E-state index contributed by atoms with van der Waals surface area (Å²) in [7, 11) is 0. The fourth-order valence-corrected chi connectivity index (χ4v) is 2.77. The Morgan fingerprint density at radius 1 is 1.56 bits per heavy atom. The van der Waals surface area contributed by atoms with Crippen LogP contribution in [0.2, 0.25) is 0 Å². The highest BCUT2D eigenvalue weighted by Crippen LogP contribution is 2.29. The Bertz CT molecular complexity index is 458. The quantitative estimate of drug-likeness (QED) is 0.855. The second-order valence-electron chi connectivity index (χ2n) is 5.24. The van der Waals surface area contributed by atoms with E-state index < -0.39 is 0 Å². The van der Waals surface area contributed by atoms with Crippen molar-refractivity contribution in [2.24, 2.45) is 5.92 Å². The van der Waals surface area contributed by atoms with Crippen molar-refractivity contribution in [1.82, 2.24) is 9.55 Å². The third-order valence-corrected chi connectivity index (χ3v) is 3.86. The molecule has 18 heavy (non-hydrogen) atoms. The van der Waals surface area contributed by atoms with Crippen molar-refractivity contribution in [1.29, 1.82) is 0 Å². The molecule has 2 atom stereocenters. The van der Waals surface area contributed by atoms with Crippen LogP contribution < -0.4 is 10.9 Å². The molecule has 4 nitrogen and oxygen atoms in total. The van der Waals surface area contributed by atoms with E-state index in [9.17, 15) is 4.79 Å². The highest BCUT2D eigenvalue weighted by molar-refractivity contribution is 6.20. The maximum atomic E-state index is 12.1. The molecule has 1 saturated carbocycles. The normalized spacial score (nSPS) is 23.6. The van der Waals surface area contributed by atoms with Gasteiger partial charge in [0.05, 0.1) is 0 Å².